The summed E-state index contributed by atoms with van der Waals surface area (Å²) in [4.78, 5) is 8.96. The third kappa shape index (κ3) is 3.85. The Morgan fingerprint density at radius 1 is 1.35 bits per heavy atom. The summed E-state index contributed by atoms with van der Waals surface area (Å²) in [5, 5.41) is 3.25. The molecule has 0 aliphatic carbocycles. The van der Waals surface area contributed by atoms with Gasteiger partial charge in [0.25, 0.3) is 0 Å². The van der Waals surface area contributed by atoms with Crippen LogP contribution in [-0.2, 0) is 18.7 Å². The van der Waals surface area contributed by atoms with Crippen LogP contribution >= 0.6 is 0 Å². The number of hydrogen-bond acceptors (Lipinski definition) is 5. The van der Waals surface area contributed by atoms with Crippen molar-refractivity contribution in [3.63, 3.8) is 0 Å². The molecule has 8 heteroatoms. The molecular formula is C15H28BN2O4Si. The summed E-state index contributed by atoms with van der Waals surface area (Å²) in [5.41, 5.74) is -0.879. The molecule has 1 fully saturated rings. The minimum atomic E-state index is -2.14. The summed E-state index contributed by atoms with van der Waals surface area (Å²) in [6.45, 7) is 21.9. The molecular weight excluding hydrogens is 311 g/mol. The van der Waals surface area contributed by atoms with Gasteiger partial charge < -0.3 is 0 Å². The first-order valence-electron chi connectivity index (χ1n) is 7.75. The van der Waals surface area contributed by atoms with Gasteiger partial charge in [0.1, 0.15) is 0 Å². The predicted molar refractivity (Wildman–Crippen MR) is 91.5 cm³/mol. The van der Waals surface area contributed by atoms with Crippen LogP contribution in [0.1, 0.15) is 34.6 Å². The van der Waals surface area contributed by atoms with Crippen LogP contribution in [0.2, 0.25) is 18.1 Å². The predicted octanol–water partition coefficient (Wildman–Crippen LogP) is 3.10. The Labute approximate surface area is 141 Å². The Hall–Kier alpha value is -0.748. The third-order valence-corrected chi connectivity index (χ3v) is 9.67. The standard InChI is InChI=1S/C15H28BN2O4Si/c1-10-15(5,17-6)12(19-7)11(13(20-10)21-18-16)22-23(8,9)14(2,3)4/h10-13H,1-5,7-9H3. The molecule has 0 bridgehead atoms. The van der Waals surface area contributed by atoms with Crippen molar-refractivity contribution >= 4 is 16.0 Å². The molecule has 0 saturated carbocycles. The second-order valence-electron chi connectivity index (χ2n) is 7.69. The second kappa shape index (κ2) is 7.01. The van der Waals surface area contributed by atoms with E-state index in [4.69, 9.17) is 32.9 Å². The van der Waals surface area contributed by atoms with Crippen LogP contribution in [0, 0.1) is 6.57 Å². The van der Waals surface area contributed by atoms with Gasteiger partial charge in [-0.1, -0.05) is 0 Å². The number of rotatable bonds is 5. The van der Waals surface area contributed by atoms with Crippen molar-refractivity contribution in [1.29, 1.82) is 0 Å². The van der Waals surface area contributed by atoms with Crippen molar-refractivity contribution in [1.82, 2.24) is 0 Å². The van der Waals surface area contributed by atoms with Gasteiger partial charge >= 0.3 is 141 Å². The van der Waals surface area contributed by atoms with Crippen LogP contribution in [0.15, 0.2) is 5.06 Å². The first kappa shape index (κ1) is 20.3. The maximum atomic E-state index is 7.60. The fourth-order valence-corrected chi connectivity index (χ4v) is 3.70. The van der Waals surface area contributed by atoms with E-state index in [1.54, 1.807) is 7.11 Å². The molecule has 0 aromatic rings. The van der Waals surface area contributed by atoms with Gasteiger partial charge in [-0.3, -0.25) is 0 Å². The zero-order chi connectivity index (χ0) is 18.1. The van der Waals surface area contributed by atoms with Gasteiger partial charge in [0, 0.05) is 0 Å². The topological polar surface area (TPSA) is 53.6 Å². The van der Waals surface area contributed by atoms with Crippen molar-refractivity contribution < 1.29 is 18.7 Å². The molecule has 1 aliphatic rings. The van der Waals surface area contributed by atoms with Crippen LogP contribution in [0.4, 0.5) is 0 Å². The molecule has 0 aromatic heterocycles. The monoisotopic (exact) mass is 339 g/mol. The van der Waals surface area contributed by atoms with Crippen molar-refractivity contribution in [2.75, 3.05) is 7.11 Å². The molecule has 23 heavy (non-hydrogen) atoms. The van der Waals surface area contributed by atoms with Crippen LogP contribution in [-0.4, -0.2) is 53.2 Å². The van der Waals surface area contributed by atoms with Gasteiger partial charge in [0.2, 0.25) is 0 Å². The normalized spacial score (nSPS) is 35.4. The summed E-state index contributed by atoms with van der Waals surface area (Å²) in [7, 11) is 4.61. The van der Waals surface area contributed by atoms with Crippen molar-refractivity contribution in [3.8, 4) is 0 Å². The zero-order valence-corrected chi connectivity index (χ0v) is 16.4. The molecule has 129 valence electrons. The van der Waals surface area contributed by atoms with Gasteiger partial charge in [-0.15, -0.1) is 0 Å². The van der Waals surface area contributed by atoms with Crippen LogP contribution in [0.3, 0.4) is 0 Å². The van der Waals surface area contributed by atoms with Gasteiger partial charge in [0.05, 0.1) is 0 Å². The Kier molecular flexibility index (Phi) is 6.19. The second-order valence-corrected chi connectivity index (χ2v) is 12.5. The van der Waals surface area contributed by atoms with Crippen LogP contribution in [0.25, 0.3) is 4.85 Å². The van der Waals surface area contributed by atoms with Gasteiger partial charge in [-0.25, -0.2) is 0 Å². The van der Waals surface area contributed by atoms with E-state index in [9.17, 15) is 0 Å². The minimum absolute atomic E-state index is 0.00668. The van der Waals surface area contributed by atoms with Gasteiger partial charge in [-0.05, 0) is 0 Å². The molecule has 0 amide bonds. The van der Waals surface area contributed by atoms with Crippen molar-refractivity contribution in [3.05, 3.63) is 11.4 Å². The number of hydrogen-bond donors (Lipinski definition) is 0. The fourth-order valence-electron chi connectivity index (χ4n) is 2.43. The zero-order valence-electron chi connectivity index (χ0n) is 15.4. The van der Waals surface area contributed by atoms with Crippen LogP contribution in [0.5, 0.6) is 0 Å². The quantitative estimate of drug-likeness (QED) is 0.439. The average Bonchev–Trinajstić information content (AvgIpc) is 2.43. The molecule has 5 unspecified atom stereocenters. The van der Waals surface area contributed by atoms with E-state index >= 15 is 0 Å². The first-order chi connectivity index (χ1) is 10.4. The van der Waals surface area contributed by atoms with E-state index in [1.165, 1.54) is 0 Å². The van der Waals surface area contributed by atoms with E-state index in [1.807, 2.05) is 13.8 Å². The molecule has 1 rings (SSSR count). The van der Waals surface area contributed by atoms with E-state index in [2.05, 4.69) is 43.8 Å². The average molecular weight is 339 g/mol. The third-order valence-electron chi connectivity index (χ3n) is 5.20. The van der Waals surface area contributed by atoms with E-state index in [0.29, 0.717) is 0 Å². The number of ether oxygens (including phenoxy) is 2. The molecule has 1 saturated heterocycles. The Balaban J connectivity index is 3.24. The van der Waals surface area contributed by atoms with E-state index in [-0.39, 0.29) is 5.04 Å². The van der Waals surface area contributed by atoms with Gasteiger partial charge in [-0.2, -0.15) is 0 Å². The fraction of sp³-hybridized carbons (Fsp3) is 0.933. The van der Waals surface area contributed by atoms with Crippen molar-refractivity contribution in [2.45, 2.75) is 82.9 Å². The van der Waals surface area contributed by atoms with E-state index in [0.717, 1.165) is 0 Å². The molecule has 6 nitrogen and oxygen atoms in total. The van der Waals surface area contributed by atoms with Crippen molar-refractivity contribution in [2.24, 2.45) is 5.06 Å². The summed E-state index contributed by atoms with van der Waals surface area (Å²) in [6.07, 6.45) is -2.30. The molecule has 1 radical (unpaired) electrons. The molecule has 5 atom stereocenters. The molecule has 0 N–H and O–H groups in total. The molecule has 0 spiro atoms. The maximum absolute atomic E-state index is 7.60. The summed E-state index contributed by atoms with van der Waals surface area (Å²) in [6, 6.07) is 0. The Morgan fingerprint density at radius 3 is 2.30 bits per heavy atom. The molecule has 1 aliphatic heterocycles. The SMILES string of the molecule is [B]=NOC1OC(C)C(C)([N+]#[C-])C(OC)C1O[Si](C)(C)C(C)(C)C. The van der Waals surface area contributed by atoms with Crippen LogP contribution < -0.4 is 0 Å². The Bertz CT molecular complexity index is 477. The van der Waals surface area contributed by atoms with Gasteiger partial charge in [0.15, 0.2) is 0 Å². The first-order valence-corrected chi connectivity index (χ1v) is 10.7. The molecule has 0 aromatic carbocycles. The van der Waals surface area contributed by atoms with E-state index < -0.39 is 38.5 Å². The summed E-state index contributed by atoms with van der Waals surface area (Å²) >= 11 is 0. The number of nitrogens with zero attached hydrogens (tertiary/aromatic N) is 2. The molecule has 1 heterocycles. The Morgan fingerprint density at radius 2 is 1.91 bits per heavy atom. The summed E-state index contributed by atoms with van der Waals surface area (Å²) < 4.78 is 18.0. The summed E-state index contributed by atoms with van der Waals surface area (Å²) in [5.74, 6) is 0. The number of methoxy groups -OCH3 is 1.